The van der Waals surface area contributed by atoms with Gasteiger partial charge in [0, 0.05) is 30.4 Å². The van der Waals surface area contributed by atoms with Gasteiger partial charge in [0.1, 0.15) is 5.56 Å². The lowest BCUT2D eigenvalue weighted by Crippen LogP contribution is -2.46. The van der Waals surface area contributed by atoms with Gasteiger partial charge in [0.2, 0.25) is 0 Å². The number of carbonyl (C=O) groups excluding carboxylic acids is 2. The van der Waals surface area contributed by atoms with Crippen LogP contribution in [0.1, 0.15) is 64.4 Å². The predicted octanol–water partition coefficient (Wildman–Crippen LogP) is 3.00. The molecule has 0 saturated heterocycles. The molecule has 0 spiro atoms. The number of carbonyl (C=O) groups is 2. The number of nitrogen functional groups attached to an aromatic ring is 1. The van der Waals surface area contributed by atoms with Crippen LogP contribution in [0.15, 0.2) is 24.4 Å². The number of aromatic nitrogens is 3. The highest BCUT2D eigenvalue weighted by atomic mass is 19.4. The van der Waals surface area contributed by atoms with Gasteiger partial charge >= 0.3 is 6.18 Å². The normalized spacial score (nSPS) is 22.2. The average molecular weight is 515 g/mol. The fourth-order valence-corrected chi connectivity index (χ4v) is 5.30. The summed E-state index contributed by atoms with van der Waals surface area (Å²) < 4.78 is 43.7. The molecule has 1 aliphatic heterocycles. The number of halogens is 3. The molecule has 3 aliphatic rings. The topological polar surface area (TPSA) is 126 Å². The number of alkyl halides is 3. The number of fused-ring (bicyclic) bond motifs is 2. The summed E-state index contributed by atoms with van der Waals surface area (Å²) in [4.78, 5) is 31.9. The van der Waals surface area contributed by atoms with Gasteiger partial charge in [0.15, 0.2) is 11.5 Å². The first-order valence-electron chi connectivity index (χ1n) is 12.2. The van der Waals surface area contributed by atoms with Crippen LogP contribution in [0.5, 0.6) is 0 Å². The monoisotopic (exact) mass is 514 g/mol. The molecule has 2 amide bonds. The largest absolute Gasteiger partial charge is 0.417 e. The summed E-state index contributed by atoms with van der Waals surface area (Å²) in [6.45, 7) is 1.98. The Morgan fingerprint density at radius 2 is 2.00 bits per heavy atom. The molecule has 0 bridgehead atoms. The van der Waals surface area contributed by atoms with E-state index in [9.17, 15) is 27.9 Å². The number of hydrogen-bond donors (Lipinski definition) is 3. The van der Waals surface area contributed by atoms with E-state index < -0.39 is 29.7 Å². The molecule has 2 fully saturated rings. The molecule has 37 heavy (non-hydrogen) atoms. The number of amides is 2. The van der Waals surface area contributed by atoms with E-state index >= 15 is 0 Å². The predicted molar refractivity (Wildman–Crippen MR) is 126 cm³/mol. The molecule has 2 saturated carbocycles. The number of nitrogens with two attached hydrogens (primary N) is 1. The van der Waals surface area contributed by atoms with Crippen LogP contribution < -0.4 is 11.1 Å². The summed E-state index contributed by atoms with van der Waals surface area (Å²) in [5.74, 6) is -0.868. The minimum atomic E-state index is -4.74. The number of aliphatic hydroxyl groups excluding tert-OH is 1. The van der Waals surface area contributed by atoms with Gasteiger partial charge in [0.25, 0.3) is 11.8 Å². The first kappa shape index (κ1) is 23.7. The van der Waals surface area contributed by atoms with Gasteiger partial charge in [0.05, 0.1) is 22.9 Å². The molecule has 1 unspecified atom stereocenters. The molecule has 2 aliphatic carbocycles. The third-order valence-corrected chi connectivity index (χ3v) is 7.62. The van der Waals surface area contributed by atoms with Crippen LogP contribution >= 0.6 is 0 Å². The minimum Gasteiger partial charge on any atom is -0.393 e. The number of benzene rings is 1. The maximum Gasteiger partial charge on any atom is 0.417 e. The Morgan fingerprint density at radius 1 is 1.27 bits per heavy atom. The second-order valence-electron chi connectivity index (χ2n) is 10.2. The van der Waals surface area contributed by atoms with Gasteiger partial charge in [-0.3, -0.25) is 9.59 Å². The van der Waals surface area contributed by atoms with Gasteiger partial charge in [-0.25, -0.2) is 9.50 Å². The molecule has 3 heterocycles. The summed E-state index contributed by atoms with van der Waals surface area (Å²) in [6.07, 6.45) is -0.942. The lowest BCUT2D eigenvalue weighted by Gasteiger charge is -2.31. The Bertz CT molecular complexity index is 1440. The van der Waals surface area contributed by atoms with Crippen molar-refractivity contribution < 1.29 is 27.9 Å². The number of nitrogens with one attached hydrogen (secondary N) is 1. The Hall–Kier alpha value is -3.67. The number of aliphatic hydroxyl groups is 1. The van der Waals surface area contributed by atoms with E-state index in [0.717, 1.165) is 18.9 Å². The molecule has 1 atom stereocenters. The quantitative estimate of drug-likeness (QED) is 0.481. The minimum absolute atomic E-state index is 0.0139. The maximum absolute atomic E-state index is 14.1. The van der Waals surface area contributed by atoms with Crippen molar-refractivity contribution in [1.82, 2.24) is 24.8 Å². The van der Waals surface area contributed by atoms with Gasteiger partial charge in [-0.1, -0.05) is 0 Å². The fourth-order valence-electron chi connectivity index (χ4n) is 5.30. The molecule has 1 aromatic carbocycles. The number of hydrogen-bond acceptors (Lipinski definition) is 6. The van der Waals surface area contributed by atoms with Crippen LogP contribution in [0.3, 0.4) is 0 Å². The summed E-state index contributed by atoms with van der Waals surface area (Å²) in [5, 5.41) is 16.4. The number of anilines is 1. The lowest BCUT2D eigenvalue weighted by molar-refractivity contribution is -0.137. The van der Waals surface area contributed by atoms with Crippen molar-refractivity contribution in [3.63, 3.8) is 0 Å². The molecule has 2 aromatic heterocycles. The standard InChI is InChI=1S/C25H25F3N6O3/c1-11(12-2-3-12)33-10-14-6-13(7-17(25(26,27)28)19(14)24(33)37)18-4-5-34-22(31-18)20(21(29)32-34)23(36)30-15-8-16(35)9-15/h4-7,11-12,15-16,35H,2-3,8-10H2,1H3,(H2,29,32)(H,30,36)/t11?,15-,16-. The maximum atomic E-state index is 14.1. The zero-order chi connectivity index (χ0) is 26.2. The number of rotatable bonds is 5. The van der Waals surface area contributed by atoms with Crippen LogP contribution in [0.4, 0.5) is 19.0 Å². The van der Waals surface area contributed by atoms with Gasteiger partial charge in [-0.05, 0) is 62.3 Å². The zero-order valence-corrected chi connectivity index (χ0v) is 19.9. The van der Waals surface area contributed by atoms with Crippen LogP contribution in [0.25, 0.3) is 16.9 Å². The van der Waals surface area contributed by atoms with Crippen molar-refractivity contribution in [2.75, 3.05) is 5.73 Å². The van der Waals surface area contributed by atoms with Crippen LogP contribution in [0.2, 0.25) is 0 Å². The first-order valence-corrected chi connectivity index (χ1v) is 12.2. The summed E-state index contributed by atoms with van der Waals surface area (Å²) in [7, 11) is 0. The van der Waals surface area contributed by atoms with Crippen LogP contribution in [0, 0.1) is 5.92 Å². The van der Waals surface area contributed by atoms with Crippen LogP contribution in [-0.4, -0.2) is 54.6 Å². The molecule has 6 rings (SSSR count). The van der Waals surface area contributed by atoms with E-state index in [1.165, 1.54) is 21.7 Å². The summed E-state index contributed by atoms with van der Waals surface area (Å²) >= 11 is 0. The van der Waals surface area contributed by atoms with E-state index in [0.29, 0.717) is 24.3 Å². The second-order valence-corrected chi connectivity index (χ2v) is 10.2. The Balaban J connectivity index is 1.40. The molecule has 194 valence electrons. The highest BCUT2D eigenvalue weighted by Crippen LogP contribution is 2.43. The van der Waals surface area contributed by atoms with Crippen molar-refractivity contribution in [2.24, 2.45) is 5.92 Å². The molecule has 0 radical (unpaired) electrons. The Kier molecular flexibility index (Phi) is 5.23. The number of nitrogens with zero attached hydrogens (tertiary/aromatic N) is 4. The fraction of sp³-hybridized carbons (Fsp3) is 0.440. The van der Waals surface area contributed by atoms with Gasteiger partial charge < -0.3 is 21.1 Å². The Labute approximate surface area is 209 Å². The van der Waals surface area contributed by atoms with E-state index in [2.05, 4.69) is 15.4 Å². The zero-order valence-electron chi connectivity index (χ0n) is 19.9. The highest BCUT2D eigenvalue weighted by Gasteiger charge is 2.44. The average Bonchev–Trinajstić information content (AvgIpc) is 3.54. The first-order chi connectivity index (χ1) is 17.5. The van der Waals surface area contributed by atoms with E-state index in [4.69, 9.17) is 5.73 Å². The van der Waals surface area contributed by atoms with Crippen molar-refractivity contribution in [3.8, 4) is 11.3 Å². The molecule has 3 aromatic rings. The van der Waals surface area contributed by atoms with Crippen molar-refractivity contribution >= 4 is 23.3 Å². The third-order valence-electron chi connectivity index (χ3n) is 7.62. The lowest BCUT2D eigenvalue weighted by atomic mass is 9.89. The smallest absolute Gasteiger partial charge is 0.393 e. The summed E-state index contributed by atoms with van der Waals surface area (Å²) in [6, 6.07) is 3.66. The van der Waals surface area contributed by atoms with E-state index in [-0.39, 0.29) is 52.5 Å². The molecular weight excluding hydrogens is 489 g/mol. The van der Waals surface area contributed by atoms with Gasteiger partial charge in [-0.2, -0.15) is 13.2 Å². The van der Waals surface area contributed by atoms with Crippen LogP contribution in [-0.2, 0) is 12.7 Å². The Morgan fingerprint density at radius 3 is 2.65 bits per heavy atom. The molecule has 4 N–H and O–H groups in total. The molecule has 12 heteroatoms. The van der Waals surface area contributed by atoms with E-state index in [1.54, 1.807) is 6.07 Å². The third kappa shape index (κ3) is 3.99. The SMILES string of the molecule is CC(C1CC1)N1Cc2cc(-c3ccn4nc(N)c(C(=O)N[C@H]5C[C@H](O)C5)c4n3)cc(C(F)(F)F)c2C1=O. The molecular formula is C25H25F3N6O3. The van der Waals surface area contributed by atoms with E-state index in [1.807, 2.05) is 6.92 Å². The van der Waals surface area contributed by atoms with Crippen molar-refractivity contribution in [1.29, 1.82) is 0 Å². The van der Waals surface area contributed by atoms with Crippen molar-refractivity contribution in [3.05, 3.63) is 46.6 Å². The highest BCUT2D eigenvalue weighted by molar-refractivity contribution is 6.04. The summed E-state index contributed by atoms with van der Waals surface area (Å²) in [5.41, 5.74) is 5.46. The van der Waals surface area contributed by atoms with Crippen molar-refractivity contribution in [2.45, 2.75) is 63.5 Å². The molecule has 9 nitrogen and oxygen atoms in total. The second kappa shape index (κ2) is 8.17. The van der Waals surface area contributed by atoms with Gasteiger partial charge in [-0.15, -0.1) is 5.10 Å².